The second kappa shape index (κ2) is 12.0. The van der Waals surface area contributed by atoms with Crippen molar-refractivity contribution in [2.24, 2.45) is 5.92 Å². The van der Waals surface area contributed by atoms with Gasteiger partial charge in [-0.05, 0) is 96.5 Å². The molecule has 1 aromatic carbocycles. The minimum atomic E-state index is -1.59. The molecule has 0 radical (unpaired) electrons. The second-order valence-corrected chi connectivity index (χ2v) is 14.1. The van der Waals surface area contributed by atoms with E-state index in [1.807, 2.05) is 0 Å². The number of rotatable bonds is 11. The lowest BCUT2D eigenvalue weighted by Gasteiger charge is -2.47. The smallest absolute Gasteiger partial charge is 0.182 e. The first-order chi connectivity index (χ1) is 17.3. The van der Waals surface area contributed by atoms with E-state index in [-0.39, 0.29) is 0 Å². The van der Waals surface area contributed by atoms with E-state index in [1.54, 1.807) is 0 Å². The summed E-state index contributed by atoms with van der Waals surface area (Å²) in [5, 5.41) is 0. The van der Waals surface area contributed by atoms with Crippen molar-refractivity contribution in [2.45, 2.75) is 108 Å². The number of ether oxygens (including phenoxy) is 1. The van der Waals surface area contributed by atoms with Gasteiger partial charge in [0, 0.05) is 29.6 Å². The van der Waals surface area contributed by atoms with E-state index in [9.17, 15) is 0 Å². The summed E-state index contributed by atoms with van der Waals surface area (Å²) in [7, 11) is -1.59. The van der Waals surface area contributed by atoms with Crippen LogP contribution in [0.1, 0.15) is 77.7 Å². The first kappa shape index (κ1) is 27.6. The van der Waals surface area contributed by atoms with Crippen LogP contribution in [0, 0.1) is 12.8 Å². The van der Waals surface area contributed by atoms with Gasteiger partial charge in [0.2, 0.25) is 0 Å². The summed E-state index contributed by atoms with van der Waals surface area (Å²) < 4.78 is 9.24. The molecule has 0 N–H and O–H groups in total. The van der Waals surface area contributed by atoms with Crippen molar-refractivity contribution in [1.29, 1.82) is 0 Å². The van der Waals surface area contributed by atoms with Gasteiger partial charge in [-0.25, -0.2) is 4.31 Å². The Morgan fingerprint density at radius 2 is 1.81 bits per heavy atom. The van der Waals surface area contributed by atoms with Crippen molar-refractivity contribution >= 4 is 21.1 Å². The molecule has 3 fully saturated rings. The Labute approximate surface area is 222 Å². The molecule has 0 bridgehead atoms. The van der Waals surface area contributed by atoms with Crippen LogP contribution < -0.4 is 0 Å². The number of hydrogen-bond acceptors (Lipinski definition) is 4. The zero-order chi connectivity index (χ0) is 25.9. The van der Waals surface area contributed by atoms with Gasteiger partial charge in [-0.1, -0.05) is 49.7 Å². The third-order valence-electron chi connectivity index (χ3n) is 8.80. The Hall–Kier alpha value is -1.43. The van der Waals surface area contributed by atoms with Gasteiger partial charge in [0.25, 0.3) is 0 Å². The lowest BCUT2D eigenvalue weighted by Crippen LogP contribution is -2.50. The Balaban J connectivity index is 1.43. The average Bonchev–Trinajstić information content (AvgIpc) is 3.71. The highest BCUT2D eigenvalue weighted by Crippen LogP contribution is 2.50. The van der Waals surface area contributed by atoms with Crippen LogP contribution in [0.5, 0.6) is 0 Å². The number of hydrogen-bond donors (Lipinski definition) is 0. The Morgan fingerprint density at radius 3 is 2.42 bits per heavy atom. The van der Waals surface area contributed by atoms with Crippen LogP contribution in [-0.4, -0.2) is 76.3 Å². The molecule has 36 heavy (non-hydrogen) atoms. The molecular weight excluding hydrogens is 462 g/mol. The Kier molecular flexibility index (Phi) is 9.17. The van der Waals surface area contributed by atoms with E-state index >= 15 is 0 Å². The first-order valence-corrected chi connectivity index (χ1v) is 16.4. The molecule has 4 unspecified atom stereocenters. The Bertz CT molecular complexity index is 968. The third kappa shape index (κ3) is 6.16. The van der Waals surface area contributed by atoms with E-state index in [4.69, 9.17) is 16.5 Å². The summed E-state index contributed by atoms with van der Waals surface area (Å²) in [4.78, 5) is 6.36. The topological polar surface area (TPSA) is 19.0 Å². The van der Waals surface area contributed by atoms with Crippen LogP contribution in [0.3, 0.4) is 0 Å². The van der Waals surface area contributed by atoms with Gasteiger partial charge in [-0.15, -0.1) is 9.39 Å². The first-order valence-electron chi connectivity index (χ1n) is 14.4. The molecular formula is C31H51N3OS. The van der Waals surface area contributed by atoms with Crippen molar-refractivity contribution in [3.63, 3.8) is 0 Å². The van der Waals surface area contributed by atoms with E-state index in [1.165, 1.54) is 61.9 Å². The van der Waals surface area contributed by atoms with Crippen molar-refractivity contribution < 1.29 is 4.74 Å². The number of likely N-dealkylation sites (tertiary alicyclic amines) is 1. The number of nitrogens with zero attached hydrogens (tertiary/aromatic N) is 3. The summed E-state index contributed by atoms with van der Waals surface area (Å²) in [6.07, 6.45) is 10.0. The molecule has 0 amide bonds. The van der Waals surface area contributed by atoms with Crippen molar-refractivity contribution in [3.05, 3.63) is 42.3 Å². The maximum atomic E-state index is 6.52. The minimum Gasteiger partial charge on any atom is -0.478 e. The van der Waals surface area contributed by atoms with Crippen molar-refractivity contribution in [1.82, 2.24) is 14.1 Å². The van der Waals surface area contributed by atoms with Crippen LogP contribution in [0.2, 0.25) is 0 Å². The van der Waals surface area contributed by atoms with Gasteiger partial charge >= 0.3 is 0 Å². The molecule has 0 spiro atoms. The molecule has 2 saturated heterocycles. The highest BCUT2D eigenvalue weighted by atomic mass is 32.2. The maximum absolute atomic E-state index is 6.52. The van der Waals surface area contributed by atoms with E-state index in [2.05, 4.69) is 72.6 Å². The molecule has 1 aromatic rings. The van der Waals surface area contributed by atoms with Crippen LogP contribution in [0.25, 0.3) is 0 Å². The van der Waals surface area contributed by atoms with Crippen molar-refractivity contribution in [3.8, 4) is 0 Å². The maximum Gasteiger partial charge on any atom is 0.182 e. The lowest BCUT2D eigenvalue weighted by atomic mass is 9.95. The second-order valence-electron chi connectivity index (χ2n) is 11.6. The molecule has 202 valence electrons. The average molecular weight is 514 g/mol. The molecule has 1 aliphatic carbocycles. The number of aryl methyl sites for hydroxylation is 1. The normalized spacial score (nSPS) is 27.9. The Morgan fingerprint density at radius 1 is 1.08 bits per heavy atom. The SMILES string of the molecule is C=C(OCC1CCCC(C2CC2)N1S(=C)(=C)c1ccc(C)cc1)N1CCC(N(CC)CCC)CC1C. The van der Waals surface area contributed by atoms with Crippen LogP contribution >= 0.6 is 9.39 Å². The fourth-order valence-electron chi connectivity index (χ4n) is 6.64. The minimum absolute atomic E-state index is 0.348. The number of benzene rings is 1. The summed E-state index contributed by atoms with van der Waals surface area (Å²) in [5.74, 6) is 11.2. The van der Waals surface area contributed by atoms with E-state index in [0.29, 0.717) is 30.8 Å². The molecule has 2 heterocycles. The largest absolute Gasteiger partial charge is 0.478 e. The van der Waals surface area contributed by atoms with Gasteiger partial charge < -0.3 is 14.5 Å². The van der Waals surface area contributed by atoms with Gasteiger partial charge in [-0.2, -0.15) is 0 Å². The summed E-state index contributed by atoms with van der Waals surface area (Å²) in [6, 6.07) is 11.0. The van der Waals surface area contributed by atoms with E-state index in [0.717, 1.165) is 31.3 Å². The molecule has 4 atom stereocenters. The fraction of sp³-hybridized carbons (Fsp3) is 0.677. The molecule has 2 aliphatic heterocycles. The lowest BCUT2D eigenvalue weighted by molar-refractivity contribution is 0.0168. The van der Waals surface area contributed by atoms with Crippen LogP contribution in [0.4, 0.5) is 0 Å². The summed E-state index contributed by atoms with van der Waals surface area (Å²) >= 11 is 0. The predicted octanol–water partition coefficient (Wildman–Crippen LogP) is 6.64. The van der Waals surface area contributed by atoms with Crippen LogP contribution in [0.15, 0.2) is 41.6 Å². The molecule has 4 rings (SSSR count). The summed E-state index contributed by atoms with van der Waals surface area (Å²) in [6.45, 7) is 17.5. The molecule has 1 saturated carbocycles. The molecule has 4 nitrogen and oxygen atoms in total. The van der Waals surface area contributed by atoms with Crippen LogP contribution in [-0.2, 0) is 4.74 Å². The zero-order valence-corrected chi connectivity index (χ0v) is 24.3. The van der Waals surface area contributed by atoms with Gasteiger partial charge in [0.1, 0.15) is 6.61 Å². The van der Waals surface area contributed by atoms with Gasteiger partial charge in [0.15, 0.2) is 5.88 Å². The quantitative estimate of drug-likeness (QED) is 0.244. The third-order valence-corrected chi connectivity index (χ3v) is 11.3. The highest BCUT2D eigenvalue weighted by Gasteiger charge is 2.42. The standard InChI is InChI=1S/C31H51N3OS/c1-8-20-32(9-2)28-19-21-33(25(4)22-28)26(5)35-23-29-11-10-12-31(27-15-16-27)34(29)36(6,7)30-17-13-24(3)14-18-30/h13-14,17-18,25,27-29,31H,5-12,15-16,19-23H2,1-4H3. The fourth-order valence-corrected chi connectivity index (χ4v) is 9.06. The van der Waals surface area contributed by atoms with Gasteiger partial charge in [-0.3, -0.25) is 0 Å². The summed E-state index contributed by atoms with van der Waals surface area (Å²) in [5.41, 5.74) is 1.29. The molecule has 0 aromatic heterocycles. The highest BCUT2D eigenvalue weighted by molar-refractivity contribution is 8.25. The predicted molar refractivity (Wildman–Crippen MR) is 159 cm³/mol. The van der Waals surface area contributed by atoms with Gasteiger partial charge in [0.05, 0.1) is 6.04 Å². The van der Waals surface area contributed by atoms with E-state index < -0.39 is 9.39 Å². The zero-order valence-electron chi connectivity index (χ0n) is 23.5. The molecule has 5 heteroatoms. The monoisotopic (exact) mass is 513 g/mol. The van der Waals surface area contributed by atoms with Crippen molar-refractivity contribution in [2.75, 3.05) is 26.2 Å². The number of piperidine rings is 2. The molecule has 3 aliphatic rings.